The van der Waals surface area contributed by atoms with Crippen molar-refractivity contribution in [3.05, 3.63) is 77.7 Å². The summed E-state index contributed by atoms with van der Waals surface area (Å²) < 4.78 is 72.5. The summed E-state index contributed by atoms with van der Waals surface area (Å²) in [5, 5.41) is 12.5. The van der Waals surface area contributed by atoms with Crippen LogP contribution in [0.15, 0.2) is 71.3 Å². The molecule has 4 bridgehead atoms. The van der Waals surface area contributed by atoms with Gasteiger partial charge in [0.2, 0.25) is 0 Å². The second-order valence-corrected chi connectivity index (χ2v) is 22.9. The van der Waals surface area contributed by atoms with E-state index in [-0.39, 0.29) is 36.3 Å². The third-order valence-electron chi connectivity index (χ3n) is 13.3. The van der Waals surface area contributed by atoms with E-state index in [4.69, 9.17) is 32.8 Å². The molecule has 2 fully saturated rings. The lowest BCUT2D eigenvalue weighted by molar-refractivity contribution is -0.172. The van der Waals surface area contributed by atoms with Crippen LogP contribution in [0.2, 0.25) is 18.1 Å². The number of nitrogens with zero attached hydrogens (tertiary/aromatic N) is 1. The van der Waals surface area contributed by atoms with Crippen molar-refractivity contribution in [2.24, 2.45) is 35.5 Å². The van der Waals surface area contributed by atoms with Gasteiger partial charge in [-0.25, -0.2) is 17.2 Å². The van der Waals surface area contributed by atoms with Gasteiger partial charge >= 0.3 is 11.9 Å². The van der Waals surface area contributed by atoms with Crippen molar-refractivity contribution in [1.29, 1.82) is 0 Å². The fourth-order valence-corrected chi connectivity index (χ4v) is 14.3. The highest BCUT2D eigenvalue weighted by molar-refractivity contribution is 7.90. The SMILES string of the molecule is CC[Si](CC)(CC)O[C@H](COC)[C@H]1OC(=O)[C@H](COC)[C@H]2C=C[C@H]3[C@H]4O[C@]2(/C(C)=C/[C@H]1C)[C@@H]3[C@H](O)[C@@H](COC)[C@H]4OC(=O)c1cccn1S(=O)(=O)c1ccc(C)cc1. The molecule has 12 atom stereocenters. The van der Waals surface area contributed by atoms with E-state index in [1.54, 1.807) is 19.2 Å². The zero-order chi connectivity index (χ0) is 42.2. The van der Waals surface area contributed by atoms with Crippen molar-refractivity contribution in [3.8, 4) is 0 Å². The quantitative estimate of drug-likeness (QED) is 0.128. The fraction of sp³-hybridized carbons (Fsp3) is 0.628. The molecule has 13 nitrogen and oxygen atoms in total. The Labute approximate surface area is 344 Å². The molecule has 1 spiro atoms. The maximum absolute atomic E-state index is 14.6. The van der Waals surface area contributed by atoms with Crippen molar-refractivity contribution in [2.45, 2.75) is 101 Å². The van der Waals surface area contributed by atoms with E-state index in [1.165, 1.54) is 44.7 Å². The zero-order valence-corrected chi connectivity index (χ0v) is 37.0. The van der Waals surface area contributed by atoms with Crippen LogP contribution in [0.25, 0.3) is 0 Å². The first-order chi connectivity index (χ1) is 27.7. The van der Waals surface area contributed by atoms with E-state index in [0.717, 1.165) is 33.2 Å². The average molecular weight is 844 g/mol. The maximum atomic E-state index is 14.6. The summed E-state index contributed by atoms with van der Waals surface area (Å²) in [7, 11) is -1.68. The zero-order valence-electron chi connectivity index (χ0n) is 35.2. The first-order valence-electron chi connectivity index (χ1n) is 20.5. The lowest BCUT2D eigenvalue weighted by Gasteiger charge is -2.49. The number of ether oxygens (including phenoxy) is 6. The molecular weight excluding hydrogens is 783 g/mol. The van der Waals surface area contributed by atoms with Gasteiger partial charge in [-0.1, -0.05) is 63.6 Å². The summed E-state index contributed by atoms with van der Waals surface area (Å²) >= 11 is 0. The lowest BCUT2D eigenvalue weighted by Crippen LogP contribution is -2.59. The molecular formula is C43H61NO12SSi. The number of hydrogen-bond donors (Lipinski definition) is 1. The predicted molar refractivity (Wildman–Crippen MR) is 218 cm³/mol. The van der Waals surface area contributed by atoms with E-state index < -0.39 is 96.0 Å². The Bertz CT molecular complexity index is 1930. The van der Waals surface area contributed by atoms with Crippen molar-refractivity contribution >= 4 is 30.3 Å². The number of benzene rings is 1. The van der Waals surface area contributed by atoms with Gasteiger partial charge in [0, 0.05) is 57.1 Å². The van der Waals surface area contributed by atoms with Crippen LogP contribution in [0.1, 0.15) is 50.7 Å². The highest BCUT2D eigenvalue weighted by Gasteiger charge is 2.71. The van der Waals surface area contributed by atoms with Crippen molar-refractivity contribution in [1.82, 2.24) is 3.97 Å². The number of aryl methyl sites for hydroxylation is 1. The van der Waals surface area contributed by atoms with Crippen LogP contribution in [0.3, 0.4) is 0 Å². The molecule has 0 unspecified atom stereocenters. The number of aromatic nitrogens is 1. The summed E-state index contributed by atoms with van der Waals surface area (Å²) in [6.45, 7) is 12.5. The van der Waals surface area contributed by atoms with E-state index in [0.29, 0.717) is 0 Å². The Hall–Kier alpha value is -3.15. The minimum Gasteiger partial charge on any atom is -0.459 e. The molecule has 1 aromatic carbocycles. The number of hydrogen-bond acceptors (Lipinski definition) is 12. The molecule has 58 heavy (non-hydrogen) atoms. The van der Waals surface area contributed by atoms with Crippen LogP contribution in [0.4, 0.5) is 0 Å². The molecule has 1 N–H and O–H groups in total. The Morgan fingerprint density at radius 3 is 2.28 bits per heavy atom. The molecule has 0 amide bonds. The Balaban J connectivity index is 1.41. The number of cyclic esters (lactones) is 1. The molecule has 320 valence electrons. The molecule has 1 saturated carbocycles. The molecule has 3 heterocycles. The van der Waals surface area contributed by atoms with E-state index in [1.807, 2.05) is 32.9 Å². The molecule has 1 saturated heterocycles. The molecule has 6 rings (SSSR count). The van der Waals surface area contributed by atoms with Crippen LogP contribution in [-0.4, -0.2) is 115 Å². The van der Waals surface area contributed by atoms with Gasteiger partial charge < -0.3 is 38.0 Å². The topological polar surface area (TPSA) is 158 Å². The number of aliphatic hydroxyl groups excluding tert-OH is 1. The standard InChI is InChI=1S/C43H61NO12SSi/c1-10-58(11-2,12-3)56-35(25-52-9)38-27(5)22-28(6)43-33(31(23-50-7)41(46)53-38)20-19-30-36(43)37(45)32(24-51-8)39(40(30)55-43)54-42(47)34-14-13-21-44(34)57(48,49)29-17-15-26(4)16-18-29/h13-22,27,30-33,35-40,45H,10-12,23-25H2,1-9H3/b28-22+/t27-,30-,31-,32-,33-,35-,36+,37-,38+,39-,40-,43+/m1/s1. The largest absolute Gasteiger partial charge is 0.459 e. The molecule has 2 aliphatic carbocycles. The first kappa shape index (κ1) is 44.4. The highest BCUT2D eigenvalue weighted by Crippen LogP contribution is 2.62. The molecule has 0 radical (unpaired) electrons. The molecule has 2 aromatic rings. The number of methoxy groups -OCH3 is 3. The first-order valence-corrected chi connectivity index (χ1v) is 24.4. The highest BCUT2D eigenvalue weighted by atomic mass is 32.2. The summed E-state index contributed by atoms with van der Waals surface area (Å²) in [6.07, 6.45) is 3.11. The molecule has 2 aliphatic heterocycles. The van der Waals surface area contributed by atoms with Gasteiger partial charge in [0.15, 0.2) is 8.32 Å². The van der Waals surface area contributed by atoms with Crippen LogP contribution in [-0.2, 0) is 47.7 Å². The Morgan fingerprint density at radius 1 is 0.983 bits per heavy atom. The number of esters is 2. The van der Waals surface area contributed by atoms with Crippen molar-refractivity contribution in [3.63, 3.8) is 0 Å². The Kier molecular flexibility index (Phi) is 13.6. The van der Waals surface area contributed by atoms with Crippen LogP contribution >= 0.6 is 0 Å². The second-order valence-electron chi connectivity index (χ2n) is 16.4. The van der Waals surface area contributed by atoms with E-state index in [2.05, 4.69) is 26.8 Å². The fourth-order valence-electron chi connectivity index (χ4n) is 10.1. The number of rotatable bonds is 16. The van der Waals surface area contributed by atoms with Gasteiger partial charge in [0.05, 0.1) is 36.7 Å². The summed E-state index contributed by atoms with van der Waals surface area (Å²) in [4.78, 5) is 28.8. The van der Waals surface area contributed by atoms with Gasteiger partial charge in [-0.15, -0.1) is 0 Å². The van der Waals surface area contributed by atoms with Gasteiger partial charge in [-0.05, 0) is 61.8 Å². The third kappa shape index (κ3) is 7.70. The lowest BCUT2D eigenvalue weighted by atomic mass is 9.56. The third-order valence-corrected chi connectivity index (χ3v) is 19.7. The normalized spacial score (nSPS) is 33.6. The maximum Gasteiger partial charge on any atom is 0.356 e. The predicted octanol–water partition coefficient (Wildman–Crippen LogP) is 5.56. The summed E-state index contributed by atoms with van der Waals surface area (Å²) in [5.41, 5.74) is 0.261. The molecule has 1 aromatic heterocycles. The van der Waals surface area contributed by atoms with Crippen LogP contribution < -0.4 is 0 Å². The second kappa shape index (κ2) is 17.8. The number of carbonyl (C=O) groups excluding carboxylic acids is 2. The van der Waals surface area contributed by atoms with Crippen molar-refractivity contribution < 1.29 is 56.0 Å². The van der Waals surface area contributed by atoms with Gasteiger partial charge in [0.1, 0.15) is 35.7 Å². The smallest absolute Gasteiger partial charge is 0.356 e. The summed E-state index contributed by atoms with van der Waals surface area (Å²) in [6, 6.07) is 11.9. The van der Waals surface area contributed by atoms with E-state index >= 15 is 0 Å². The van der Waals surface area contributed by atoms with Gasteiger partial charge in [-0.2, -0.15) is 0 Å². The molecule has 15 heteroatoms. The monoisotopic (exact) mass is 843 g/mol. The van der Waals surface area contributed by atoms with Crippen LogP contribution in [0.5, 0.6) is 0 Å². The van der Waals surface area contributed by atoms with E-state index in [9.17, 15) is 23.1 Å². The average Bonchev–Trinajstić information content (AvgIpc) is 3.78. The minimum absolute atomic E-state index is 0.0189. The van der Waals surface area contributed by atoms with Gasteiger partial charge in [0.25, 0.3) is 10.0 Å². The number of carbonyl (C=O) groups is 2. The molecule has 4 aliphatic rings. The minimum atomic E-state index is -4.15. The summed E-state index contributed by atoms with van der Waals surface area (Å²) in [5.74, 6) is -4.93. The Morgan fingerprint density at radius 2 is 1.66 bits per heavy atom. The van der Waals surface area contributed by atoms with Gasteiger partial charge in [-0.3, -0.25) is 4.79 Å². The van der Waals surface area contributed by atoms with Crippen LogP contribution in [0, 0.1) is 42.4 Å². The van der Waals surface area contributed by atoms with Crippen molar-refractivity contribution in [2.75, 3.05) is 41.2 Å². The number of aliphatic hydroxyl groups is 1.